The summed E-state index contributed by atoms with van der Waals surface area (Å²) in [4.78, 5) is 10.9. The molecule has 1 rings (SSSR count). The Balaban J connectivity index is 2.31. The molecule has 12 heavy (non-hydrogen) atoms. The summed E-state index contributed by atoms with van der Waals surface area (Å²) in [6.45, 7) is 2.10. The Hall–Kier alpha value is -0.990. The van der Waals surface area contributed by atoms with Crippen molar-refractivity contribution in [3.63, 3.8) is 0 Å². The van der Waals surface area contributed by atoms with Crippen molar-refractivity contribution in [2.24, 2.45) is 5.92 Å². The number of aliphatic hydroxyl groups is 1. The van der Waals surface area contributed by atoms with Crippen LogP contribution in [0.3, 0.4) is 0 Å². The molecule has 0 aromatic carbocycles. The minimum absolute atomic E-state index is 0.0797. The highest BCUT2D eigenvalue weighted by molar-refractivity contribution is 5.78. The van der Waals surface area contributed by atoms with Crippen molar-refractivity contribution in [2.75, 3.05) is 0 Å². The second kappa shape index (κ2) is 4.14. The molecule has 1 aliphatic rings. The van der Waals surface area contributed by atoms with Gasteiger partial charge >= 0.3 is 5.97 Å². The predicted octanol–water partition coefficient (Wildman–Crippen LogP) is 2.14. The van der Waals surface area contributed by atoms with E-state index in [-0.39, 0.29) is 11.7 Å². The van der Waals surface area contributed by atoms with Crippen LogP contribution < -0.4 is 0 Å². The Bertz CT molecular complexity index is 196. The lowest BCUT2D eigenvalue weighted by molar-refractivity contribution is -0.139. The van der Waals surface area contributed by atoms with E-state index in [1.54, 1.807) is 0 Å². The first-order valence-corrected chi connectivity index (χ1v) is 4.35. The van der Waals surface area contributed by atoms with Gasteiger partial charge < -0.3 is 9.84 Å². The molecule has 1 N–H and O–H groups in total. The largest absolute Gasteiger partial charge is 0.508 e. The van der Waals surface area contributed by atoms with E-state index in [1.165, 1.54) is 0 Å². The van der Waals surface area contributed by atoms with Gasteiger partial charge in [0.15, 0.2) is 0 Å². The molecule has 0 spiro atoms. The van der Waals surface area contributed by atoms with Crippen LogP contribution in [0.4, 0.5) is 0 Å². The zero-order chi connectivity index (χ0) is 8.97. The van der Waals surface area contributed by atoms with Crippen LogP contribution in [0.1, 0.15) is 32.6 Å². The number of aliphatic hydroxyl groups excluding tert-OH is 1. The summed E-state index contributed by atoms with van der Waals surface area (Å²) < 4.78 is 4.56. The van der Waals surface area contributed by atoms with Gasteiger partial charge in [0.2, 0.25) is 0 Å². The summed E-state index contributed by atoms with van der Waals surface area (Å²) in [6, 6.07) is 0. The Labute approximate surface area is 72.0 Å². The van der Waals surface area contributed by atoms with Gasteiger partial charge in [-0.1, -0.05) is 26.2 Å². The molecular weight excluding hydrogens is 156 g/mol. The fraction of sp³-hybridized carbons (Fsp3) is 0.667. The number of hydrogen-bond donors (Lipinski definition) is 1. The van der Waals surface area contributed by atoms with Gasteiger partial charge in [0.05, 0.1) is 0 Å². The van der Waals surface area contributed by atoms with Crippen molar-refractivity contribution in [3.05, 3.63) is 12.0 Å². The zero-order valence-electron chi connectivity index (χ0n) is 7.25. The number of cyclic esters (lactones) is 1. The molecule has 0 radical (unpaired) electrons. The van der Waals surface area contributed by atoms with E-state index in [0.29, 0.717) is 6.42 Å². The van der Waals surface area contributed by atoms with Gasteiger partial charge in [-0.05, 0) is 6.42 Å². The van der Waals surface area contributed by atoms with Gasteiger partial charge in [-0.25, -0.2) is 0 Å². The lowest BCUT2D eigenvalue weighted by atomic mass is 10.0. The molecule has 0 aromatic rings. The molecule has 68 valence electrons. The SMILES string of the molecule is CCCCCC1C(=O)OC=C1O. The molecule has 0 aromatic heterocycles. The maximum Gasteiger partial charge on any atom is 0.321 e. The molecule has 3 heteroatoms. The number of carbonyl (C=O) groups is 1. The summed E-state index contributed by atoms with van der Waals surface area (Å²) >= 11 is 0. The van der Waals surface area contributed by atoms with Crippen LogP contribution in [0.5, 0.6) is 0 Å². The summed E-state index contributed by atoms with van der Waals surface area (Å²) in [5.74, 6) is -0.628. The third-order valence-electron chi connectivity index (χ3n) is 2.03. The quantitative estimate of drug-likeness (QED) is 0.519. The Morgan fingerprint density at radius 3 is 2.83 bits per heavy atom. The van der Waals surface area contributed by atoms with Crippen LogP contribution in [0.25, 0.3) is 0 Å². The normalized spacial score (nSPS) is 22.2. The fourth-order valence-corrected chi connectivity index (χ4v) is 1.27. The number of hydrogen-bond acceptors (Lipinski definition) is 3. The minimum atomic E-state index is -0.392. The second-order valence-corrected chi connectivity index (χ2v) is 3.03. The molecule has 1 atom stereocenters. The van der Waals surface area contributed by atoms with E-state index >= 15 is 0 Å². The second-order valence-electron chi connectivity index (χ2n) is 3.03. The van der Waals surface area contributed by atoms with Crippen molar-refractivity contribution >= 4 is 5.97 Å². The van der Waals surface area contributed by atoms with E-state index in [1.807, 2.05) is 0 Å². The molecule has 0 saturated carbocycles. The highest BCUT2D eigenvalue weighted by Crippen LogP contribution is 2.23. The standard InChI is InChI=1S/C9H14O3/c1-2-3-4-5-7-8(10)6-12-9(7)11/h6-7,10H,2-5H2,1H3. The maximum absolute atomic E-state index is 10.9. The minimum Gasteiger partial charge on any atom is -0.508 e. The monoisotopic (exact) mass is 170 g/mol. The molecule has 3 nitrogen and oxygen atoms in total. The van der Waals surface area contributed by atoms with Crippen molar-refractivity contribution in [1.82, 2.24) is 0 Å². The van der Waals surface area contributed by atoms with E-state index in [2.05, 4.69) is 11.7 Å². The van der Waals surface area contributed by atoms with Gasteiger partial charge in [-0.3, -0.25) is 4.79 Å². The van der Waals surface area contributed by atoms with E-state index < -0.39 is 5.92 Å². The van der Waals surface area contributed by atoms with Crippen LogP contribution >= 0.6 is 0 Å². The number of rotatable bonds is 4. The summed E-state index contributed by atoms with van der Waals surface area (Å²) in [7, 11) is 0. The zero-order valence-corrected chi connectivity index (χ0v) is 7.25. The molecule has 1 aliphatic heterocycles. The van der Waals surface area contributed by atoms with Crippen LogP contribution in [0.2, 0.25) is 0 Å². The van der Waals surface area contributed by atoms with Crippen molar-refractivity contribution in [1.29, 1.82) is 0 Å². The van der Waals surface area contributed by atoms with E-state index in [0.717, 1.165) is 25.5 Å². The van der Waals surface area contributed by atoms with Gasteiger partial charge in [-0.2, -0.15) is 0 Å². The van der Waals surface area contributed by atoms with Crippen LogP contribution in [0, 0.1) is 5.92 Å². The third kappa shape index (κ3) is 2.00. The summed E-state index contributed by atoms with van der Waals surface area (Å²) in [5.41, 5.74) is 0. The summed E-state index contributed by atoms with van der Waals surface area (Å²) in [5, 5.41) is 9.17. The Morgan fingerprint density at radius 1 is 1.58 bits per heavy atom. The maximum atomic E-state index is 10.9. The predicted molar refractivity (Wildman–Crippen MR) is 44.4 cm³/mol. The van der Waals surface area contributed by atoms with Crippen molar-refractivity contribution < 1.29 is 14.6 Å². The molecule has 0 aliphatic carbocycles. The molecule has 0 bridgehead atoms. The first-order valence-electron chi connectivity index (χ1n) is 4.35. The number of unbranched alkanes of at least 4 members (excludes halogenated alkanes) is 2. The topological polar surface area (TPSA) is 46.5 Å². The molecular formula is C9H14O3. The summed E-state index contributed by atoms with van der Waals surface area (Å²) in [6.07, 6.45) is 5.02. The lowest BCUT2D eigenvalue weighted by Crippen LogP contribution is -2.11. The van der Waals surface area contributed by atoms with E-state index in [9.17, 15) is 9.90 Å². The molecule has 1 unspecified atom stereocenters. The van der Waals surface area contributed by atoms with Gasteiger partial charge in [0, 0.05) is 0 Å². The highest BCUT2D eigenvalue weighted by Gasteiger charge is 2.29. The van der Waals surface area contributed by atoms with Gasteiger partial charge in [0.25, 0.3) is 0 Å². The smallest absolute Gasteiger partial charge is 0.321 e. The molecule has 0 amide bonds. The molecule has 0 fully saturated rings. The Kier molecular flexibility index (Phi) is 3.14. The first-order chi connectivity index (χ1) is 5.75. The average Bonchev–Trinajstić information content (AvgIpc) is 2.35. The highest BCUT2D eigenvalue weighted by atomic mass is 16.5. The van der Waals surface area contributed by atoms with Crippen LogP contribution in [-0.2, 0) is 9.53 Å². The molecule has 0 saturated heterocycles. The average molecular weight is 170 g/mol. The third-order valence-corrected chi connectivity index (χ3v) is 2.03. The van der Waals surface area contributed by atoms with Crippen LogP contribution in [0.15, 0.2) is 12.0 Å². The molecule has 1 heterocycles. The number of esters is 1. The number of carbonyl (C=O) groups excluding carboxylic acids is 1. The Morgan fingerprint density at radius 2 is 2.33 bits per heavy atom. The first kappa shape index (κ1) is 9.10. The fourth-order valence-electron chi connectivity index (χ4n) is 1.27. The number of ether oxygens (including phenoxy) is 1. The van der Waals surface area contributed by atoms with Crippen molar-refractivity contribution in [3.8, 4) is 0 Å². The van der Waals surface area contributed by atoms with Crippen molar-refractivity contribution in [2.45, 2.75) is 32.6 Å². The van der Waals surface area contributed by atoms with Gasteiger partial charge in [-0.15, -0.1) is 0 Å². The van der Waals surface area contributed by atoms with Crippen LogP contribution in [-0.4, -0.2) is 11.1 Å². The van der Waals surface area contributed by atoms with E-state index in [4.69, 9.17) is 0 Å². The lowest BCUT2D eigenvalue weighted by Gasteiger charge is -2.04. The van der Waals surface area contributed by atoms with Gasteiger partial charge in [0.1, 0.15) is 17.9 Å².